The third kappa shape index (κ3) is 58.3. The number of quaternary nitrogens is 1. The van der Waals surface area contributed by atoms with E-state index in [2.05, 4.69) is 141 Å². The SMILES string of the molecule is CC/C=C\C/C=C\C/C=C\C/C=C\C/C=C\C/C=C\C/C=C\C/C=C\CCCCCCC(=O)NC(COP(=O)([O-])OCC[N+](C)(C)C)C(O)/C=C/CC/C=C/CC/C=C/CCCCCCCCCCCCCCCCC. The predicted molar refractivity (Wildman–Crippen MR) is 329 cm³/mol. The molecule has 76 heavy (non-hydrogen) atoms. The summed E-state index contributed by atoms with van der Waals surface area (Å²) in [5, 5.41) is 13.9. The van der Waals surface area contributed by atoms with Crippen LogP contribution in [0.3, 0.4) is 0 Å². The molecule has 0 aromatic rings. The number of likely N-dealkylation sites (N-methyl/N-ethyl adjacent to an activating group) is 1. The molecule has 0 heterocycles. The molecule has 0 saturated carbocycles. The van der Waals surface area contributed by atoms with Gasteiger partial charge in [0.2, 0.25) is 5.91 Å². The van der Waals surface area contributed by atoms with E-state index < -0.39 is 26.6 Å². The lowest BCUT2D eigenvalue weighted by atomic mass is 10.0. The topological polar surface area (TPSA) is 108 Å². The van der Waals surface area contributed by atoms with Crippen LogP contribution in [0.5, 0.6) is 0 Å². The zero-order valence-corrected chi connectivity index (χ0v) is 50.3. The van der Waals surface area contributed by atoms with Crippen molar-refractivity contribution < 1.29 is 32.9 Å². The number of hydrogen-bond acceptors (Lipinski definition) is 6. The fourth-order valence-corrected chi connectivity index (χ4v) is 8.81. The Bertz CT molecular complexity index is 1700. The van der Waals surface area contributed by atoms with E-state index in [0.717, 1.165) is 103 Å². The van der Waals surface area contributed by atoms with Gasteiger partial charge in [-0.1, -0.05) is 250 Å². The van der Waals surface area contributed by atoms with Crippen LogP contribution in [0.4, 0.5) is 0 Å². The van der Waals surface area contributed by atoms with Crippen molar-refractivity contribution >= 4 is 13.7 Å². The molecule has 0 aromatic carbocycles. The maximum absolute atomic E-state index is 13.0. The first-order valence-electron chi connectivity index (χ1n) is 30.5. The van der Waals surface area contributed by atoms with Crippen molar-refractivity contribution in [3.63, 3.8) is 0 Å². The fourth-order valence-electron chi connectivity index (χ4n) is 8.08. The van der Waals surface area contributed by atoms with E-state index in [9.17, 15) is 19.4 Å². The molecule has 0 radical (unpaired) electrons. The Balaban J connectivity index is 4.36. The van der Waals surface area contributed by atoms with Gasteiger partial charge in [0.1, 0.15) is 13.2 Å². The van der Waals surface area contributed by atoms with Crippen molar-refractivity contribution in [3.05, 3.63) is 134 Å². The summed E-state index contributed by atoms with van der Waals surface area (Å²) < 4.78 is 23.3. The third-order valence-corrected chi connectivity index (χ3v) is 13.8. The molecule has 8 nitrogen and oxygen atoms in total. The lowest BCUT2D eigenvalue weighted by Gasteiger charge is -2.29. The standard InChI is InChI=1S/C67H115N2O6P/c1-6-8-10-12-14-16-18-20-22-24-26-28-30-32-33-34-35-37-39-41-43-45-47-49-51-53-55-57-59-61-67(71)68-65(64-75-76(72,73)74-63-62-69(3,4)5)66(70)60-58-56-54-52-50-48-46-44-42-40-38-36-31-29-27-25-23-21-19-17-15-13-11-9-7-2/h8,10,14,16,20,22,26,28,32-33,35,37,41-44,47,49-50,52,58,60,65-66,70H,6-7,9,11-13,15,17-19,21,23-25,27,29-31,34,36,38-40,45-46,48,51,53-57,59,61-64H2,1-5H3,(H-,68,71,72,73)/b10-8-,16-14-,22-20-,28-26-,33-32-,37-35-,43-41-,44-42+,49-47-,52-50+,60-58+. The first kappa shape index (κ1) is 72.6. The van der Waals surface area contributed by atoms with Crippen molar-refractivity contribution in [2.45, 2.75) is 244 Å². The lowest BCUT2D eigenvalue weighted by Crippen LogP contribution is -2.45. The molecule has 1 amide bonds. The molecule has 0 aliphatic carbocycles. The number of nitrogens with zero attached hydrogens (tertiary/aromatic N) is 1. The number of unbranched alkanes of at least 4 members (excludes halogenated alkanes) is 21. The van der Waals surface area contributed by atoms with Gasteiger partial charge in [-0.3, -0.25) is 9.36 Å². The van der Waals surface area contributed by atoms with Gasteiger partial charge in [-0.05, 0) is 109 Å². The van der Waals surface area contributed by atoms with Gasteiger partial charge in [-0.2, -0.15) is 0 Å². The van der Waals surface area contributed by atoms with E-state index >= 15 is 0 Å². The number of rotatable bonds is 54. The Morgan fingerprint density at radius 2 is 0.816 bits per heavy atom. The number of aliphatic hydroxyl groups excluding tert-OH is 1. The average Bonchev–Trinajstić information content (AvgIpc) is 3.38. The highest BCUT2D eigenvalue weighted by Crippen LogP contribution is 2.38. The minimum Gasteiger partial charge on any atom is -0.756 e. The van der Waals surface area contributed by atoms with Crippen molar-refractivity contribution in [1.82, 2.24) is 5.32 Å². The van der Waals surface area contributed by atoms with Crippen LogP contribution in [0.25, 0.3) is 0 Å². The lowest BCUT2D eigenvalue weighted by molar-refractivity contribution is -0.870. The summed E-state index contributed by atoms with van der Waals surface area (Å²) in [5.74, 6) is -0.241. The van der Waals surface area contributed by atoms with Gasteiger partial charge < -0.3 is 28.8 Å². The van der Waals surface area contributed by atoms with Crippen LogP contribution >= 0.6 is 7.82 Å². The second-order valence-corrected chi connectivity index (χ2v) is 22.7. The maximum Gasteiger partial charge on any atom is 0.268 e. The zero-order valence-electron chi connectivity index (χ0n) is 49.4. The summed E-state index contributed by atoms with van der Waals surface area (Å²) in [7, 11) is 1.20. The molecule has 9 heteroatoms. The Morgan fingerprint density at radius 3 is 1.22 bits per heavy atom. The van der Waals surface area contributed by atoms with E-state index in [1.54, 1.807) is 6.08 Å². The van der Waals surface area contributed by atoms with Crippen molar-refractivity contribution in [3.8, 4) is 0 Å². The molecule has 434 valence electrons. The van der Waals surface area contributed by atoms with Gasteiger partial charge in [0.25, 0.3) is 7.82 Å². The average molecular weight is 1080 g/mol. The number of hydrogen-bond donors (Lipinski definition) is 2. The molecule has 0 spiro atoms. The Morgan fingerprint density at radius 1 is 0.474 bits per heavy atom. The smallest absolute Gasteiger partial charge is 0.268 e. The molecule has 0 aliphatic rings. The van der Waals surface area contributed by atoms with Gasteiger partial charge in [-0.25, -0.2) is 0 Å². The van der Waals surface area contributed by atoms with Crippen molar-refractivity contribution in [2.24, 2.45) is 0 Å². The number of carbonyl (C=O) groups excluding carboxylic acids is 1. The van der Waals surface area contributed by atoms with E-state index in [-0.39, 0.29) is 12.5 Å². The van der Waals surface area contributed by atoms with Gasteiger partial charge in [0, 0.05) is 6.42 Å². The zero-order chi connectivity index (χ0) is 55.6. The van der Waals surface area contributed by atoms with Gasteiger partial charge in [0.15, 0.2) is 0 Å². The minimum absolute atomic E-state index is 0.0221. The second-order valence-electron chi connectivity index (χ2n) is 21.3. The number of carbonyl (C=O) groups is 1. The molecular formula is C67H115N2O6P. The fraction of sp³-hybridized carbons (Fsp3) is 0.657. The molecule has 3 atom stereocenters. The molecule has 3 unspecified atom stereocenters. The Hall–Kier alpha value is -3.36. The summed E-state index contributed by atoms with van der Waals surface area (Å²) >= 11 is 0. The Kier molecular flexibility index (Phi) is 53.9. The van der Waals surface area contributed by atoms with Gasteiger partial charge in [0.05, 0.1) is 39.9 Å². The highest BCUT2D eigenvalue weighted by Gasteiger charge is 2.23. The first-order chi connectivity index (χ1) is 37.0. The van der Waals surface area contributed by atoms with Crippen molar-refractivity contribution in [1.29, 1.82) is 0 Å². The molecule has 0 rings (SSSR count). The number of amides is 1. The van der Waals surface area contributed by atoms with Gasteiger partial charge >= 0.3 is 0 Å². The number of aliphatic hydroxyl groups is 1. The number of nitrogens with one attached hydrogen (secondary N) is 1. The Labute approximate surface area is 468 Å². The highest BCUT2D eigenvalue weighted by atomic mass is 31.2. The summed E-state index contributed by atoms with van der Waals surface area (Å²) in [6.07, 6.45) is 85.4. The summed E-state index contributed by atoms with van der Waals surface area (Å²) in [6.45, 7) is 4.48. The van der Waals surface area contributed by atoms with E-state index in [1.165, 1.54) is 103 Å². The van der Waals surface area contributed by atoms with Crippen LogP contribution in [0.1, 0.15) is 232 Å². The number of allylic oxidation sites excluding steroid dienone is 21. The highest BCUT2D eigenvalue weighted by molar-refractivity contribution is 7.45. The molecular weight excluding hydrogens is 960 g/mol. The molecule has 0 aromatic heterocycles. The van der Waals surface area contributed by atoms with E-state index in [0.29, 0.717) is 23.9 Å². The minimum atomic E-state index is -4.63. The van der Waals surface area contributed by atoms with Crippen LogP contribution in [0.2, 0.25) is 0 Å². The maximum atomic E-state index is 13.0. The van der Waals surface area contributed by atoms with Crippen LogP contribution in [0.15, 0.2) is 134 Å². The monoisotopic (exact) mass is 1070 g/mol. The van der Waals surface area contributed by atoms with Crippen LogP contribution in [0, 0.1) is 0 Å². The third-order valence-electron chi connectivity index (χ3n) is 12.8. The largest absolute Gasteiger partial charge is 0.756 e. The molecule has 0 bridgehead atoms. The number of phosphoric acid groups is 1. The van der Waals surface area contributed by atoms with E-state index in [4.69, 9.17) is 9.05 Å². The summed E-state index contributed by atoms with van der Waals surface area (Å²) in [6, 6.07) is -0.936. The van der Waals surface area contributed by atoms with Gasteiger partial charge in [-0.15, -0.1) is 0 Å². The first-order valence-corrected chi connectivity index (χ1v) is 32.0. The van der Waals surface area contributed by atoms with Crippen LogP contribution < -0.4 is 10.2 Å². The van der Waals surface area contributed by atoms with E-state index in [1.807, 2.05) is 27.2 Å². The molecule has 0 aliphatic heterocycles. The molecule has 2 N–H and O–H groups in total. The summed E-state index contributed by atoms with van der Waals surface area (Å²) in [4.78, 5) is 25.5. The predicted octanol–water partition coefficient (Wildman–Crippen LogP) is 18.5. The van der Waals surface area contributed by atoms with Crippen LogP contribution in [-0.4, -0.2) is 68.5 Å². The second kappa shape index (κ2) is 56.4. The van der Waals surface area contributed by atoms with Crippen molar-refractivity contribution in [2.75, 3.05) is 40.9 Å². The number of phosphoric ester groups is 1. The van der Waals surface area contributed by atoms with Crippen LogP contribution in [-0.2, 0) is 18.4 Å². The molecule has 0 fully saturated rings. The summed E-state index contributed by atoms with van der Waals surface area (Å²) in [5.41, 5.74) is 0. The molecule has 0 saturated heterocycles. The quantitative estimate of drug-likeness (QED) is 0.0272. The normalized spacial score (nSPS) is 14.8.